The zero-order chi connectivity index (χ0) is 18.7. The van der Waals surface area contributed by atoms with E-state index in [1.165, 1.54) is 0 Å². The highest BCUT2D eigenvalue weighted by molar-refractivity contribution is 5.88. The fourth-order valence-electron chi connectivity index (χ4n) is 3.51. The molecule has 0 radical (unpaired) electrons. The van der Waals surface area contributed by atoms with Crippen LogP contribution < -0.4 is 11.1 Å². The molecule has 2 aromatic rings. The molecular formula is C20H29ClN4O2. The van der Waals surface area contributed by atoms with Crippen LogP contribution in [-0.4, -0.2) is 40.8 Å². The van der Waals surface area contributed by atoms with Crippen molar-refractivity contribution >= 4 is 35.1 Å². The highest BCUT2D eigenvalue weighted by Crippen LogP contribution is 2.32. The average molecular weight is 393 g/mol. The lowest BCUT2D eigenvalue weighted by Crippen LogP contribution is -2.49. The zero-order valence-electron chi connectivity index (χ0n) is 15.9. The number of hydrogen-bond acceptors (Lipinski definition) is 3. The number of halogens is 1. The summed E-state index contributed by atoms with van der Waals surface area (Å²) in [5.41, 5.74) is 7.98. The molecule has 6 nitrogen and oxygen atoms in total. The molecule has 3 rings (SSSR count). The van der Waals surface area contributed by atoms with Gasteiger partial charge in [-0.15, -0.1) is 12.4 Å². The number of para-hydroxylation sites is 1. The second-order valence-electron chi connectivity index (χ2n) is 7.40. The predicted molar refractivity (Wildman–Crippen MR) is 110 cm³/mol. The second-order valence-corrected chi connectivity index (χ2v) is 7.40. The van der Waals surface area contributed by atoms with Gasteiger partial charge in [-0.05, 0) is 42.7 Å². The lowest BCUT2D eigenvalue weighted by Gasteiger charge is -2.35. The summed E-state index contributed by atoms with van der Waals surface area (Å²) in [7, 11) is 0. The van der Waals surface area contributed by atoms with Gasteiger partial charge in [-0.3, -0.25) is 9.59 Å². The topological polar surface area (TPSA) is 91.2 Å². The quantitative estimate of drug-likeness (QED) is 0.730. The second kappa shape index (κ2) is 9.24. The number of aromatic amines is 1. The summed E-state index contributed by atoms with van der Waals surface area (Å²) >= 11 is 0. The van der Waals surface area contributed by atoms with Gasteiger partial charge in [-0.25, -0.2) is 0 Å². The maximum Gasteiger partial charge on any atom is 0.242 e. The number of piperidine rings is 1. The summed E-state index contributed by atoms with van der Waals surface area (Å²) in [6.07, 6.45) is 3.01. The number of nitrogens with two attached hydrogens (primary N) is 1. The Morgan fingerprint density at radius 2 is 2.04 bits per heavy atom. The fraction of sp³-hybridized carbons (Fsp3) is 0.500. The van der Waals surface area contributed by atoms with Gasteiger partial charge >= 0.3 is 0 Å². The van der Waals surface area contributed by atoms with Gasteiger partial charge in [-0.2, -0.15) is 0 Å². The van der Waals surface area contributed by atoms with Crippen molar-refractivity contribution in [3.8, 4) is 0 Å². The lowest BCUT2D eigenvalue weighted by atomic mass is 9.99. The van der Waals surface area contributed by atoms with Gasteiger partial charge in [0.25, 0.3) is 0 Å². The van der Waals surface area contributed by atoms with Crippen molar-refractivity contribution in [1.82, 2.24) is 15.2 Å². The van der Waals surface area contributed by atoms with Gasteiger partial charge in [0.05, 0.1) is 18.6 Å². The first-order valence-electron chi connectivity index (χ1n) is 9.38. The summed E-state index contributed by atoms with van der Waals surface area (Å²) in [6.45, 7) is 4.49. The smallest absolute Gasteiger partial charge is 0.242 e. The molecule has 0 aliphatic carbocycles. The number of fused-ring (bicyclic) bond motifs is 1. The molecule has 1 aliphatic rings. The van der Waals surface area contributed by atoms with Crippen LogP contribution in [0.15, 0.2) is 30.3 Å². The number of hydrogen-bond donors (Lipinski definition) is 3. The number of H-pyrrole nitrogens is 1. The lowest BCUT2D eigenvalue weighted by molar-refractivity contribution is -0.136. The number of amides is 2. The van der Waals surface area contributed by atoms with Crippen LogP contribution in [0.5, 0.6) is 0 Å². The maximum absolute atomic E-state index is 12.8. The Morgan fingerprint density at radius 1 is 1.30 bits per heavy atom. The third-order valence-corrected chi connectivity index (χ3v) is 5.17. The van der Waals surface area contributed by atoms with Crippen LogP contribution in [0, 0.1) is 5.92 Å². The first-order valence-corrected chi connectivity index (χ1v) is 9.38. The summed E-state index contributed by atoms with van der Waals surface area (Å²) in [6, 6.07) is 9.68. The summed E-state index contributed by atoms with van der Waals surface area (Å²) in [5.74, 6) is -0.288. The molecule has 7 heteroatoms. The van der Waals surface area contributed by atoms with Crippen LogP contribution in [0.2, 0.25) is 0 Å². The number of nitrogens with zero attached hydrogens (tertiary/aromatic N) is 1. The van der Waals surface area contributed by atoms with E-state index in [2.05, 4.69) is 22.4 Å². The van der Waals surface area contributed by atoms with Crippen LogP contribution in [0.25, 0.3) is 10.9 Å². The first-order chi connectivity index (χ1) is 12.5. The molecule has 1 unspecified atom stereocenters. The minimum atomic E-state index is -0.589. The van der Waals surface area contributed by atoms with E-state index in [0.29, 0.717) is 6.54 Å². The standard InChI is InChI=1S/C20H28N4O2.ClH/c1-13(2)19(21)20(26)22-12-18(25)24-10-6-5-9-17(24)16-11-14-7-3-4-8-15(14)23-16;/h3-4,7-8,11,13,17,19,23H,5-6,9-10,12,21H2,1-2H3,(H,22,26);1H/t17?,19-;/m0./s1. The van der Waals surface area contributed by atoms with Gasteiger partial charge in [0.15, 0.2) is 0 Å². The molecule has 148 valence electrons. The molecule has 0 saturated carbocycles. The molecule has 0 spiro atoms. The summed E-state index contributed by atoms with van der Waals surface area (Å²) in [5, 5.41) is 3.84. The van der Waals surface area contributed by atoms with Crippen LogP contribution in [-0.2, 0) is 9.59 Å². The molecule has 2 heterocycles. The highest BCUT2D eigenvalue weighted by Gasteiger charge is 2.29. The number of carbonyl (C=O) groups excluding carboxylic acids is 2. The van der Waals surface area contributed by atoms with Crippen LogP contribution in [0.4, 0.5) is 0 Å². The van der Waals surface area contributed by atoms with E-state index in [9.17, 15) is 9.59 Å². The SMILES string of the molecule is CC(C)[C@H](N)C(=O)NCC(=O)N1CCCCC1c1cc2ccccc2[nH]1.Cl. The predicted octanol–water partition coefficient (Wildman–Crippen LogP) is 2.74. The van der Waals surface area contributed by atoms with Gasteiger partial charge in [-0.1, -0.05) is 32.0 Å². The van der Waals surface area contributed by atoms with E-state index in [0.717, 1.165) is 35.9 Å². The molecule has 1 aromatic heterocycles. The van der Waals surface area contributed by atoms with Crippen molar-refractivity contribution < 1.29 is 9.59 Å². The third kappa shape index (κ3) is 4.82. The van der Waals surface area contributed by atoms with E-state index in [1.54, 1.807) is 0 Å². The molecular weight excluding hydrogens is 364 g/mol. The van der Waals surface area contributed by atoms with E-state index in [1.807, 2.05) is 36.9 Å². The Hall–Kier alpha value is -2.05. The Balaban J connectivity index is 0.00000261. The first kappa shape index (κ1) is 21.3. The number of carbonyl (C=O) groups is 2. The number of nitrogens with one attached hydrogen (secondary N) is 2. The number of likely N-dealkylation sites (tertiary alicyclic amines) is 1. The van der Waals surface area contributed by atoms with Crippen molar-refractivity contribution in [1.29, 1.82) is 0 Å². The monoisotopic (exact) mass is 392 g/mol. The van der Waals surface area contributed by atoms with Crippen LogP contribution >= 0.6 is 12.4 Å². The number of rotatable bonds is 5. The third-order valence-electron chi connectivity index (χ3n) is 5.17. The molecule has 27 heavy (non-hydrogen) atoms. The number of benzene rings is 1. The van der Waals surface area contributed by atoms with Crippen molar-refractivity contribution in [2.75, 3.05) is 13.1 Å². The van der Waals surface area contributed by atoms with Crippen LogP contribution in [0.3, 0.4) is 0 Å². The van der Waals surface area contributed by atoms with Crippen LogP contribution in [0.1, 0.15) is 44.8 Å². The minimum absolute atomic E-state index is 0. The summed E-state index contributed by atoms with van der Waals surface area (Å²) in [4.78, 5) is 30.1. The molecule has 1 aromatic carbocycles. The van der Waals surface area contributed by atoms with E-state index < -0.39 is 6.04 Å². The molecule has 4 N–H and O–H groups in total. The Bertz CT molecular complexity index is 756. The van der Waals surface area contributed by atoms with Crippen molar-refractivity contribution in [3.63, 3.8) is 0 Å². The highest BCUT2D eigenvalue weighted by atomic mass is 35.5. The molecule has 1 aliphatic heterocycles. The molecule has 2 amide bonds. The van der Waals surface area contributed by atoms with E-state index in [-0.39, 0.29) is 42.7 Å². The van der Waals surface area contributed by atoms with Crippen molar-refractivity contribution in [2.45, 2.75) is 45.2 Å². The fourth-order valence-corrected chi connectivity index (χ4v) is 3.51. The van der Waals surface area contributed by atoms with Gasteiger partial charge < -0.3 is 20.9 Å². The molecule has 1 fully saturated rings. The normalized spacial score (nSPS) is 18.2. The van der Waals surface area contributed by atoms with E-state index >= 15 is 0 Å². The Morgan fingerprint density at radius 3 is 2.74 bits per heavy atom. The zero-order valence-corrected chi connectivity index (χ0v) is 16.7. The molecule has 2 atom stereocenters. The molecule has 1 saturated heterocycles. The maximum atomic E-state index is 12.8. The Kier molecular flexibility index (Phi) is 7.27. The number of aromatic nitrogens is 1. The van der Waals surface area contributed by atoms with E-state index in [4.69, 9.17) is 5.73 Å². The summed E-state index contributed by atoms with van der Waals surface area (Å²) < 4.78 is 0. The van der Waals surface area contributed by atoms with Gasteiger partial charge in [0.1, 0.15) is 0 Å². The average Bonchev–Trinajstić information content (AvgIpc) is 3.09. The molecule has 0 bridgehead atoms. The largest absolute Gasteiger partial charge is 0.357 e. The van der Waals surface area contributed by atoms with Gasteiger partial charge in [0, 0.05) is 17.8 Å². The Labute approximate surface area is 166 Å². The van der Waals surface area contributed by atoms with Gasteiger partial charge in [0.2, 0.25) is 11.8 Å². The van der Waals surface area contributed by atoms with Crippen molar-refractivity contribution in [3.05, 3.63) is 36.0 Å². The van der Waals surface area contributed by atoms with Crippen molar-refractivity contribution in [2.24, 2.45) is 11.7 Å². The minimum Gasteiger partial charge on any atom is -0.357 e.